The molecule has 0 atom stereocenters. The zero-order chi connectivity index (χ0) is 20.4. The fourth-order valence-electron chi connectivity index (χ4n) is 2.86. The molecule has 0 bridgehead atoms. The number of rotatable bonds is 5. The quantitative estimate of drug-likeness (QED) is 0.563. The van der Waals surface area contributed by atoms with Crippen LogP contribution in [0.25, 0.3) is 22.6 Å². The van der Waals surface area contributed by atoms with Gasteiger partial charge in [0.1, 0.15) is 5.82 Å². The van der Waals surface area contributed by atoms with E-state index in [1.165, 1.54) is 12.1 Å². The number of nitrogens with one attached hydrogen (secondary N) is 1. The number of nitrogens with zero attached hydrogens (tertiary/aromatic N) is 4. The third-order valence-electron chi connectivity index (χ3n) is 4.43. The Balaban J connectivity index is 1.43. The van der Waals surface area contributed by atoms with Crippen molar-refractivity contribution in [1.82, 2.24) is 25.2 Å². The maximum absolute atomic E-state index is 13.0. The van der Waals surface area contributed by atoms with Gasteiger partial charge in [-0.15, -0.1) is 0 Å². The lowest BCUT2D eigenvalue weighted by Crippen LogP contribution is -2.23. The lowest BCUT2D eigenvalue weighted by atomic mass is 10.1. The molecule has 2 aromatic carbocycles. The first kappa shape index (κ1) is 18.5. The van der Waals surface area contributed by atoms with Gasteiger partial charge < -0.3 is 9.84 Å². The SMILES string of the molecule is Cc1ccc(-c2cc(C(=O)NCc3nc(-c4ccc(F)cc4)no3)nn2C)cc1. The van der Waals surface area contributed by atoms with Crippen LogP contribution in [0.2, 0.25) is 0 Å². The van der Waals surface area contributed by atoms with E-state index < -0.39 is 0 Å². The molecule has 0 aliphatic rings. The second kappa shape index (κ2) is 7.67. The monoisotopic (exact) mass is 391 g/mol. The Labute approximate surface area is 166 Å². The van der Waals surface area contributed by atoms with Crippen molar-refractivity contribution in [3.8, 4) is 22.6 Å². The second-order valence-corrected chi connectivity index (χ2v) is 6.61. The average Bonchev–Trinajstić information content (AvgIpc) is 3.34. The first-order chi connectivity index (χ1) is 14.0. The van der Waals surface area contributed by atoms with Gasteiger partial charge in [0.15, 0.2) is 5.69 Å². The summed E-state index contributed by atoms with van der Waals surface area (Å²) in [5.74, 6) is -0.119. The van der Waals surface area contributed by atoms with E-state index in [9.17, 15) is 9.18 Å². The minimum atomic E-state index is -0.347. The predicted molar refractivity (Wildman–Crippen MR) is 104 cm³/mol. The van der Waals surface area contributed by atoms with Gasteiger partial charge in [0.2, 0.25) is 11.7 Å². The Kier molecular flexibility index (Phi) is 4.90. The molecular formula is C21H18FN5O2. The van der Waals surface area contributed by atoms with Crippen molar-refractivity contribution in [2.45, 2.75) is 13.5 Å². The van der Waals surface area contributed by atoms with Gasteiger partial charge in [-0.3, -0.25) is 9.48 Å². The van der Waals surface area contributed by atoms with E-state index in [1.54, 1.807) is 29.9 Å². The number of hydrogen-bond acceptors (Lipinski definition) is 5. The molecule has 7 nitrogen and oxygen atoms in total. The van der Waals surface area contributed by atoms with Crippen LogP contribution in [-0.2, 0) is 13.6 Å². The number of hydrogen-bond donors (Lipinski definition) is 1. The summed E-state index contributed by atoms with van der Waals surface area (Å²) in [6.07, 6.45) is 0. The number of halogens is 1. The summed E-state index contributed by atoms with van der Waals surface area (Å²) in [4.78, 5) is 16.7. The number of amides is 1. The third kappa shape index (κ3) is 4.06. The van der Waals surface area contributed by atoms with Gasteiger partial charge in [0.05, 0.1) is 12.2 Å². The van der Waals surface area contributed by atoms with Crippen LogP contribution < -0.4 is 5.32 Å². The molecule has 4 rings (SSSR count). The maximum Gasteiger partial charge on any atom is 0.272 e. The molecule has 0 saturated carbocycles. The summed E-state index contributed by atoms with van der Waals surface area (Å²) in [5.41, 5.74) is 3.90. The van der Waals surface area contributed by atoms with Gasteiger partial charge in [0, 0.05) is 12.6 Å². The third-order valence-corrected chi connectivity index (χ3v) is 4.43. The zero-order valence-corrected chi connectivity index (χ0v) is 15.9. The minimum absolute atomic E-state index is 0.0590. The minimum Gasteiger partial charge on any atom is -0.342 e. The molecule has 0 spiro atoms. The van der Waals surface area contributed by atoms with Crippen LogP contribution in [-0.4, -0.2) is 25.8 Å². The summed E-state index contributed by atoms with van der Waals surface area (Å²) >= 11 is 0. The number of carbonyl (C=O) groups is 1. The summed E-state index contributed by atoms with van der Waals surface area (Å²) in [7, 11) is 1.79. The highest BCUT2D eigenvalue weighted by Crippen LogP contribution is 2.20. The van der Waals surface area contributed by atoms with Gasteiger partial charge >= 0.3 is 0 Å². The molecule has 4 aromatic rings. The number of aromatic nitrogens is 4. The van der Waals surface area contributed by atoms with Crippen LogP contribution >= 0.6 is 0 Å². The lowest BCUT2D eigenvalue weighted by Gasteiger charge is -2.01. The Morgan fingerprint density at radius 1 is 1.10 bits per heavy atom. The topological polar surface area (TPSA) is 85.8 Å². The number of aryl methyl sites for hydroxylation is 2. The smallest absolute Gasteiger partial charge is 0.272 e. The van der Waals surface area contributed by atoms with Crippen LogP contribution in [0.3, 0.4) is 0 Å². The molecule has 0 unspecified atom stereocenters. The van der Waals surface area contributed by atoms with Crippen LogP contribution in [0.4, 0.5) is 4.39 Å². The van der Waals surface area contributed by atoms with Crippen LogP contribution in [0.5, 0.6) is 0 Å². The Hall–Kier alpha value is -3.81. The molecule has 0 aliphatic carbocycles. The lowest BCUT2D eigenvalue weighted by molar-refractivity contribution is 0.0940. The van der Waals surface area contributed by atoms with Gasteiger partial charge in [0.25, 0.3) is 5.91 Å². The van der Waals surface area contributed by atoms with E-state index >= 15 is 0 Å². The first-order valence-corrected chi connectivity index (χ1v) is 8.97. The van der Waals surface area contributed by atoms with Crippen molar-refractivity contribution in [1.29, 1.82) is 0 Å². The predicted octanol–water partition coefficient (Wildman–Crippen LogP) is 3.51. The van der Waals surface area contributed by atoms with Crippen molar-refractivity contribution >= 4 is 5.91 Å². The molecule has 29 heavy (non-hydrogen) atoms. The summed E-state index contributed by atoms with van der Waals surface area (Å²) in [6.45, 7) is 2.08. The molecule has 146 valence electrons. The highest BCUT2D eigenvalue weighted by molar-refractivity contribution is 5.93. The van der Waals surface area contributed by atoms with Gasteiger partial charge in [-0.2, -0.15) is 10.1 Å². The summed E-state index contributed by atoms with van der Waals surface area (Å²) < 4.78 is 19.8. The fraction of sp³-hybridized carbons (Fsp3) is 0.143. The molecular weight excluding hydrogens is 373 g/mol. The van der Waals surface area contributed by atoms with E-state index in [-0.39, 0.29) is 24.2 Å². The standard InChI is InChI=1S/C21H18FN5O2/c1-13-3-5-14(6-4-13)18-11-17(25-27(18)2)21(28)23-12-19-24-20(26-29-19)15-7-9-16(22)10-8-15/h3-11H,12H2,1-2H3,(H,23,28). The summed E-state index contributed by atoms with van der Waals surface area (Å²) in [6, 6.07) is 15.5. The second-order valence-electron chi connectivity index (χ2n) is 6.61. The molecule has 2 heterocycles. The Morgan fingerprint density at radius 2 is 1.79 bits per heavy atom. The van der Waals surface area contributed by atoms with Gasteiger partial charge in [-0.05, 0) is 42.8 Å². The van der Waals surface area contributed by atoms with E-state index in [4.69, 9.17) is 4.52 Å². The van der Waals surface area contributed by atoms with E-state index in [0.29, 0.717) is 17.1 Å². The Bertz CT molecular complexity index is 1150. The van der Waals surface area contributed by atoms with Crippen LogP contribution in [0, 0.1) is 12.7 Å². The van der Waals surface area contributed by atoms with Gasteiger partial charge in [-0.1, -0.05) is 35.0 Å². The highest BCUT2D eigenvalue weighted by Gasteiger charge is 2.15. The van der Waals surface area contributed by atoms with Crippen molar-refractivity contribution in [3.63, 3.8) is 0 Å². The van der Waals surface area contributed by atoms with Crippen molar-refractivity contribution in [2.24, 2.45) is 7.05 Å². The van der Waals surface area contributed by atoms with Crippen LogP contribution in [0.15, 0.2) is 59.1 Å². The van der Waals surface area contributed by atoms with Crippen molar-refractivity contribution < 1.29 is 13.7 Å². The molecule has 0 aliphatic heterocycles. The van der Waals surface area contributed by atoms with Gasteiger partial charge in [-0.25, -0.2) is 4.39 Å². The Morgan fingerprint density at radius 3 is 2.52 bits per heavy atom. The summed E-state index contributed by atoms with van der Waals surface area (Å²) in [5, 5.41) is 10.9. The normalized spacial score (nSPS) is 10.9. The number of carbonyl (C=O) groups excluding carboxylic acids is 1. The highest BCUT2D eigenvalue weighted by atomic mass is 19.1. The molecule has 0 saturated heterocycles. The maximum atomic E-state index is 13.0. The van der Waals surface area contributed by atoms with E-state index in [1.807, 2.05) is 31.2 Å². The van der Waals surface area contributed by atoms with Crippen LogP contribution in [0.1, 0.15) is 21.9 Å². The molecule has 2 aromatic heterocycles. The molecule has 0 radical (unpaired) electrons. The van der Waals surface area contributed by atoms with Crippen molar-refractivity contribution in [3.05, 3.63) is 77.6 Å². The molecule has 0 fully saturated rings. The van der Waals surface area contributed by atoms with E-state index in [2.05, 4.69) is 20.6 Å². The molecule has 1 N–H and O–H groups in total. The number of benzene rings is 2. The van der Waals surface area contributed by atoms with Crippen molar-refractivity contribution in [2.75, 3.05) is 0 Å². The molecule has 8 heteroatoms. The first-order valence-electron chi connectivity index (χ1n) is 8.97. The van der Waals surface area contributed by atoms with E-state index in [0.717, 1.165) is 16.8 Å². The zero-order valence-electron chi connectivity index (χ0n) is 15.9. The average molecular weight is 391 g/mol. The molecule has 1 amide bonds. The fourth-order valence-corrected chi connectivity index (χ4v) is 2.86. The largest absolute Gasteiger partial charge is 0.342 e.